The first-order valence-electron chi connectivity index (χ1n) is 8.68. The van der Waals surface area contributed by atoms with Crippen LogP contribution >= 0.6 is 0 Å². The van der Waals surface area contributed by atoms with E-state index in [4.69, 9.17) is 9.47 Å². The SMILES string of the molecule is CCNC(=NCc1c(C)nn(C)c1C)NCCCCOCCOC. The lowest BCUT2D eigenvalue weighted by atomic mass is 10.2. The number of nitrogens with zero attached hydrogens (tertiary/aromatic N) is 3. The molecule has 0 atom stereocenters. The molecule has 0 spiro atoms. The molecule has 0 aromatic carbocycles. The second-order valence-corrected chi connectivity index (χ2v) is 5.71. The zero-order valence-corrected chi connectivity index (χ0v) is 15.8. The molecule has 7 nitrogen and oxygen atoms in total. The predicted octanol–water partition coefficient (Wildman–Crippen LogP) is 1.54. The highest BCUT2D eigenvalue weighted by atomic mass is 16.5. The van der Waals surface area contributed by atoms with Gasteiger partial charge < -0.3 is 20.1 Å². The van der Waals surface area contributed by atoms with Crippen molar-refractivity contribution in [2.24, 2.45) is 12.0 Å². The molecule has 1 heterocycles. The third-order valence-electron chi connectivity index (χ3n) is 3.84. The number of nitrogens with one attached hydrogen (secondary N) is 2. The van der Waals surface area contributed by atoms with E-state index in [0.717, 1.165) is 44.2 Å². The molecule has 0 fully saturated rings. The van der Waals surface area contributed by atoms with E-state index >= 15 is 0 Å². The Kier molecular flexibility index (Phi) is 10.1. The zero-order chi connectivity index (χ0) is 17.8. The van der Waals surface area contributed by atoms with Gasteiger partial charge in [-0.2, -0.15) is 5.10 Å². The molecule has 0 saturated carbocycles. The number of ether oxygens (including phenoxy) is 2. The molecule has 0 aliphatic heterocycles. The van der Waals surface area contributed by atoms with Gasteiger partial charge in [0.15, 0.2) is 5.96 Å². The molecule has 1 aromatic rings. The minimum absolute atomic E-state index is 0.640. The molecule has 0 radical (unpaired) electrons. The van der Waals surface area contributed by atoms with Gasteiger partial charge in [-0.1, -0.05) is 0 Å². The normalized spacial score (nSPS) is 11.8. The van der Waals surface area contributed by atoms with Crippen molar-refractivity contribution in [1.29, 1.82) is 0 Å². The summed E-state index contributed by atoms with van der Waals surface area (Å²) in [5.41, 5.74) is 3.41. The first-order valence-corrected chi connectivity index (χ1v) is 8.68. The Morgan fingerprint density at radius 2 is 1.96 bits per heavy atom. The van der Waals surface area contributed by atoms with Crippen LogP contribution in [0.15, 0.2) is 4.99 Å². The van der Waals surface area contributed by atoms with E-state index in [2.05, 4.69) is 34.6 Å². The highest BCUT2D eigenvalue weighted by Crippen LogP contribution is 2.12. The Morgan fingerprint density at radius 3 is 2.58 bits per heavy atom. The summed E-state index contributed by atoms with van der Waals surface area (Å²) >= 11 is 0. The van der Waals surface area contributed by atoms with Crippen molar-refractivity contribution in [2.45, 2.75) is 40.2 Å². The van der Waals surface area contributed by atoms with Crippen LogP contribution in [0.4, 0.5) is 0 Å². The summed E-state index contributed by atoms with van der Waals surface area (Å²) in [5, 5.41) is 11.1. The van der Waals surface area contributed by atoms with Crippen molar-refractivity contribution < 1.29 is 9.47 Å². The van der Waals surface area contributed by atoms with E-state index in [-0.39, 0.29) is 0 Å². The van der Waals surface area contributed by atoms with Gasteiger partial charge in [0, 0.05) is 45.1 Å². The number of methoxy groups -OCH3 is 1. The summed E-state index contributed by atoms with van der Waals surface area (Å²) in [5.74, 6) is 0.848. The van der Waals surface area contributed by atoms with Crippen molar-refractivity contribution in [3.05, 3.63) is 17.0 Å². The lowest BCUT2D eigenvalue weighted by molar-refractivity contribution is 0.0689. The van der Waals surface area contributed by atoms with Crippen molar-refractivity contribution in [1.82, 2.24) is 20.4 Å². The van der Waals surface area contributed by atoms with Crippen molar-refractivity contribution in [2.75, 3.05) is 40.0 Å². The first-order chi connectivity index (χ1) is 11.6. The van der Waals surface area contributed by atoms with Crippen LogP contribution in [0.2, 0.25) is 0 Å². The Labute approximate surface area is 145 Å². The standard InChI is InChI=1S/C17H33N5O2/c1-6-18-17(19-9-7-8-10-24-12-11-23-5)20-13-16-14(2)21-22(4)15(16)3/h6-13H2,1-5H3,(H2,18,19,20). The van der Waals surface area contributed by atoms with Crippen LogP contribution in [-0.4, -0.2) is 55.8 Å². The molecule has 0 aliphatic rings. The molecule has 0 amide bonds. The lowest BCUT2D eigenvalue weighted by Crippen LogP contribution is -2.37. The van der Waals surface area contributed by atoms with Gasteiger partial charge in [-0.15, -0.1) is 0 Å². The van der Waals surface area contributed by atoms with Crippen LogP contribution in [0.25, 0.3) is 0 Å². The average molecular weight is 339 g/mol. The minimum atomic E-state index is 0.640. The van der Waals surface area contributed by atoms with E-state index < -0.39 is 0 Å². The van der Waals surface area contributed by atoms with Crippen LogP contribution in [0, 0.1) is 13.8 Å². The van der Waals surface area contributed by atoms with E-state index in [0.29, 0.717) is 19.8 Å². The van der Waals surface area contributed by atoms with Crippen LogP contribution in [0.5, 0.6) is 0 Å². The van der Waals surface area contributed by atoms with Crippen LogP contribution in [-0.2, 0) is 23.1 Å². The largest absolute Gasteiger partial charge is 0.382 e. The van der Waals surface area contributed by atoms with Crippen molar-refractivity contribution in [3.8, 4) is 0 Å². The Bertz CT molecular complexity index is 499. The molecule has 7 heteroatoms. The monoisotopic (exact) mass is 339 g/mol. The summed E-state index contributed by atoms with van der Waals surface area (Å²) in [6.45, 7) is 10.6. The van der Waals surface area contributed by atoms with Gasteiger partial charge in [0.25, 0.3) is 0 Å². The maximum Gasteiger partial charge on any atom is 0.191 e. The molecule has 0 aliphatic carbocycles. The number of unbranched alkanes of at least 4 members (excludes halogenated alkanes) is 1. The second kappa shape index (κ2) is 11.9. The summed E-state index contributed by atoms with van der Waals surface area (Å²) in [6, 6.07) is 0. The summed E-state index contributed by atoms with van der Waals surface area (Å²) in [4.78, 5) is 4.67. The summed E-state index contributed by atoms with van der Waals surface area (Å²) < 4.78 is 12.3. The highest BCUT2D eigenvalue weighted by molar-refractivity contribution is 5.79. The Morgan fingerprint density at radius 1 is 1.17 bits per heavy atom. The highest BCUT2D eigenvalue weighted by Gasteiger charge is 2.08. The van der Waals surface area contributed by atoms with Crippen molar-refractivity contribution >= 4 is 5.96 Å². The van der Waals surface area contributed by atoms with Crippen LogP contribution < -0.4 is 10.6 Å². The number of hydrogen-bond acceptors (Lipinski definition) is 4. The number of aromatic nitrogens is 2. The minimum Gasteiger partial charge on any atom is -0.382 e. The summed E-state index contributed by atoms with van der Waals surface area (Å²) in [7, 11) is 3.65. The fourth-order valence-electron chi connectivity index (χ4n) is 2.33. The van der Waals surface area contributed by atoms with Gasteiger partial charge in [-0.05, 0) is 33.6 Å². The molecule has 138 valence electrons. The zero-order valence-electron chi connectivity index (χ0n) is 15.8. The molecule has 1 aromatic heterocycles. The Hall–Kier alpha value is -1.60. The van der Waals surface area contributed by atoms with Gasteiger partial charge in [-0.25, -0.2) is 4.99 Å². The molecule has 0 bridgehead atoms. The van der Waals surface area contributed by atoms with Crippen LogP contribution in [0.3, 0.4) is 0 Å². The maximum absolute atomic E-state index is 5.45. The number of aliphatic imine (C=N–C) groups is 1. The first kappa shape index (κ1) is 20.4. The third-order valence-corrected chi connectivity index (χ3v) is 3.84. The fraction of sp³-hybridized carbons (Fsp3) is 0.765. The van der Waals surface area contributed by atoms with Gasteiger partial charge >= 0.3 is 0 Å². The molecule has 1 rings (SSSR count). The number of guanidine groups is 1. The van der Waals surface area contributed by atoms with E-state index in [1.54, 1.807) is 7.11 Å². The van der Waals surface area contributed by atoms with E-state index in [9.17, 15) is 0 Å². The van der Waals surface area contributed by atoms with Crippen LogP contribution in [0.1, 0.15) is 36.7 Å². The smallest absolute Gasteiger partial charge is 0.191 e. The average Bonchev–Trinajstić information content (AvgIpc) is 2.80. The second-order valence-electron chi connectivity index (χ2n) is 5.71. The molecular weight excluding hydrogens is 306 g/mol. The molecule has 0 saturated heterocycles. The van der Waals surface area contributed by atoms with Gasteiger partial charge in [-0.3, -0.25) is 4.68 Å². The van der Waals surface area contributed by atoms with Gasteiger partial charge in [0.05, 0.1) is 25.5 Å². The van der Waals surface area contributed by atoms with Gasteiger partial charge in [0.1, 0.15) is 0 Å². The molecule has 24 heavy (non-hydrogen) atoms. The third kappa shape index (κ3) is 7.31. The van der Waals surface area contributed by atoms with Gasteiger partial charge in [0.2, 0.25) is 0 Å². The molecule has 2 N–H and O–H groups in total. The maximum atomic E-state index is 5.45. The summed E-state index contributed by atoms with van der Waals surface area (Å²) in [6.07, 6.45) is 2.07. The van der Waals surface area contributed by atoms with Crippen molar-refractivity contribution in [3.63, 3.8) is 0 Å². The predicted molar refractivity (Wildman–Crippen MR) is 97.4 cm³/mol. The van der Waals surface area contributed by atoms with E-state index in [1.165, 1.54) is 11.3 Å². The van der Waals surface area contributed by atoms with E-state index in [1.807, 2.05) is 18.7 Å². The quantitative estimate of drug-likeness (QED) is 0.363. The Balaban J connectivity index is 2.35. The molecular formula is C17H33N5O2. The molecule has 0 unspecified atom stereocenters. The number of rotatable bonds is 11. The fourth-order valence-corrected chi connectivity index (χ4v) is 2.33. The number of hydrogen-bond donors (Lipinski definition) is 2. The number of aryl methyl sites for hydroxylation is 2. The topological polar surface area (TPSA) is 72.7 Å². The lowest BCUT2D eigenvalue weighted by Gasteiger charge is -2.11.